The highest BCUT2D eigenvalue weighted by molar-refractivity contribution is 4.59. The van der Waals surface area contributed by atoms with Gasteiger partial charge in [0, 0.05) is 0 Å². The van der Waals surface area contributed by atoms with Gasteiger partial charge in [-0.1, -0.05) is 149 Å². The number of rotatable bonds is 20. The highest BCUT2D eigenvalue weighted by Crippen LogP contribution is 2.21. The van der Waals surface area contributed by atoms with Gasteiger partial charge in [0.2, 0.25) is 0 Å². The molecule has 0 aromatic rings. The summed E-state index contributed by atoms with van der Waals surface area (Å²) in [6.45, 7) is 8.62. The van der Waals surface area contributed by atoms with E-state index in [1.165, 1.54) is 122 Å². The molecule has 0 aliphatic carbocycles. The van der Waals surface area contributed by atoms with Crippen LogP contribution < -0.4 is 0 Å². The van der Waals surface area contributed by atoms with Crippen molar-refractivity contribution < 1.29 is 0 Å². The normalized spacial score (nSPS) is 12.6. The fourth-order valence-electron chi connectivity index (χ4n) is 3.79. The van der Waals surface area contributed by atoms with Crippen molar-refractivity contribution in [3.8, 4) is 0 Å². The van der Waals surface area contributed by atoms with E-state index >= 15 is 0 Å². The van der Waals surface area contributed by atoms with E-state index < -0.39 is 0 Å². The Morgan fingerprint density at radius 1 is 0.500 bits per heavy atom. The predicted molar refractivity (Wildman–Crippen MR) is 113 cm³/mol. The standard InChI is InChI=1S/C24H49/c1-4-7-9-11-12-13-14-15-16-17-18-19-21-23-24(6-3)22-20-10-8-5-2/h24H,2,4-23H2,1,3H3. The Balaban J connectivity index is 3.20. The van der Waals surface area contributed by atoms with Crippen molar-refractivity contribution in [1.29, 1.82) is 0 Å². The Morgan fingerprint density at radius 3 is 1.25 bits per heavy atom. The van der Waals surface area contributed by atoms with E-state index in [9.17, 15) is 0 Å². The minimum absolute atomic E-state index is 1.00. The fourth-order valence-corrected chi connectivity index (χ4v) is 3.79. The molecule has 0 fully saturated rings. The SMILES string of the molecule is [CH2]CCCCCC(CC)CCCCCCCCCCCCCCC. The smallest absolute Gasteiger partial charge is 0.0417 e. The molecule has 0 amide bonds. The largest absolute Gasteiger partial charge is 0.0654 e. The molecule has 0 heterocycles. The van der Waals surface area contributed by atoms with Crippen molar-refractivity contribution in [1.82, 2.24) is 0 Å². The average Bonchev–Trinajstić information content (AvgIpc) is 2.60. The Kier molecular flexibility index (Phi) is 21.0. The molecule has 0 spiro atoms. The van der Waals surface area contributed by atoms with Crippen molar-refractivity contribution in [3.05, 3.63) is 6.92 Å². The highest BCUT2D eigenvalue weighted by atomic mass is 14.1. The molecule has 0 heteroatoms. The lowest BCUT2D eigenvalue weighted by Gasteiger charge is -2.14. The molecule has 0 aromatic heterocycles. The van der Waals surface area contributed by atoms with Crippen molar-refractivity contribution in [2.75, 3.05) is 0 Å². The molecule has 0 nitrogen and oxygen atoms in total. The summed E-state index contributed by atoms with van der Waals surface area (Å²) in [7, 11) is 0. The molecule has 145 valence electrons. The van der Waals surface area contributed by atoms with Crippen LogP contribution >= 0.6 is 0 Å². The quantitative estimate of drug-likeness (QED) is 0.194. The molecule has 0 bridgehead atoms. The van der Waals surface area contributed by atoms with Crippen molar-refractivity contribution in [2.45, 2.75) is 142 Å². The van der Waals surface area contributed by atoms with Gasteiger partial charge in [-0.05, 0) is 5.92 Å². The Morgan fingerprint density at radius 2 is 0.875 bits per heavy atom. The first-order valence-electron chi connectivity index (χ1n) is 11.6. The Labute approximate surface area is 155 Å². The maximum Gasteiger partial charge on any atom is -0.0417 e. The molecular weight excluding hydrogens is 288 g/mol. The van der Waals surface area contributed by atoms with Gasteiger partial charge in [0.05, 0.1) is 0 Å². The molecule has 1 radical (unpaired) electrons. The summed E-state index contributed by atoms with van der Waals surface area (Å²) in [5.41, 5.74) is 0. The molecule has 0 N–H and O–H groups in total. The molecule has 0 saturated heterocycles. The van der Waals surface area contributed by atoms with Crippen molar-refractivity contribution in [2.24, 2.45) is 5.92 Å². The molecule has 24 heavy (non-hydrogen) atoms. The van der Waals surface area contributed by atoms with Crippen LogP contribution in [0.5, 0.6) is 0 Å². The van der Waals surface area contributed by atoms with Gasteiger partial charge in [-0.3, -0.25) is 0 Å². The minimum Gasteiger partial charge on any atom is -0.0654 e. The van der Waals surface area contributed by atoms with Gasteiger partial charge in [0.25, 0.3) is 0 Å². The highest BCUT2D eigenvalue weighted by Gasteiger charge is 2.05. The zero-order valence-corrected chi connectivity index (χ0v) is 17.4. The monoisotopic (exact) mass is 337 g/mol. The van der Waals surface area contributed by atoms with Gasteiger partial charge in [-0.15, -0.1) is 0 Å². The summed E-state index contributed by atoms with van der Waals surface area (Å²) in [5, 5.41) is 0. The number of hydrogen-bond donors (Lipinski definition) is 0. The third kappa shape index (κ3) is 18.3. The lowest BCUT2D eigenvalue weighted by molar-refractivity contribution is 0.394. The Bertz CT molecular complexity index is 208. The summed E-state index contributed by atoms with van der Waals surface area (Å²) >= 11 is 0. The molecule has 0 rings (SSSR count). The zero-order chi connectivity index (χ0) is 17.7. The lowest BCUT2D eigenvalue weighted by atomic mass is 9.92. The average molecular weight is 338 g/mol. The fraction of sp³-hybridized carbons (Fsp3) is 0.958. The predicted octanol–water partition coefficient (Wildman–Crippen LogP) is 9.28. The maximum atomic E-state index is 3.94. The van der Waals surface area contributed by atoms with Gasteiger partial charge in [0.15, 0.2) is 0 Å². The van der Waals surface area contributed by atoms with Gasteiger partial charge >= 0.3 is 0 Å². The summed E-state index contributed by atoms with van der Waals surface area (Å²) < 4.78 is 0. The van der Waals surface area contributed by atoms with Gasteiger partial charge in [-0.25, -0.2) is 0 Å². The van der Waals surface area contributed by atoms with Crippen molar-refractivity contribution in [3.63, 3.8) is 0 Å². The topological polar surface area (TPSA) is 0 Å². The van der Waals surface area contributed by atoms with Crippen molar-refractivity contribution >= 4 is 0 Å². The number of hydrogen-bond acceptors (Lipinski definition) is 0. The van der Waals surface area contributed by atoms with Crippen LogP contribution in [0, 0.1) is 12.8 Å². The van der Waals surface area contributed by atoms with Crippen LogP contribution in [-0.2, 0) is 0 Å². The van der Waals surface area contributed by atoms with E-state index in [-0.39, 0.29) is 0 Å². The van der Waals surface area contributed by atoms with Crippen LogP contribution in [0.4, 0.5) is 0 Å². The van der Waals surface area contributed by atoms with E-state index in [0.29, 0.717) is 0 Å². The van der Waals surface area contributed by atoms with E-state index in [2.05, 4.69) is 20.8 Å². The lowest BCUT2D eigenvalue weighted by Crippen LogP contribution is -1.99. The first-order chi connectivity index (χ1) is 11.8. The van der Waals surface area contributed by atoms with E-state index in [0.717, 1.165) is 12.3 Å². The Hall–Kier alpha value is 0. The van der Waals surface area contributed by atoms with E-state index in [1.54, 1.807) is 0 Å². The summed E-state index contributed by atoms with van der Waals surface area (Å²) in [6, 6.07) is 0. The van der Waals surface area contributed by atoms with Crippen LogP contribution in [0.15, 0.2) is 0 Å². The van der Waals surface area contributed by atoms with Gasteiger partial charge in [-0.2, -0.15) is 0 Å². The van der Waals surface area contributed by atoms with E-state index in [4.69, 9.17) is 0 Å². The molecule has 0 aliphatic heterocycles. The molecule has 1 unspecified atom stereocenters. The third-order valence-electron chi connectivity index (χ3n) is 5.66. The second kappa shape index (κ2) is 21.0. The number of unbranched alkanes of at least 4 members (excludes halogenated alkanes) is 15. The third-order valence-corrected chi connectivity index (χ3v) is 5.66. The van der Waals surface area contributed by atoms with Crippen LogP contribution in [0.25, 0.3) is 0 Å². The minimum atomic E-state index is 1.00. The van der Waals surface area contributed by atoms with Gasteiger partial charge < -0.3 is 0 Å². The molecule has 0 aromatic carbocycles. The first-order valence-corrected chi connectivity index (χ1v) is 11.6. The molecule has 1 atom stereocenters. The van der Waals surface area contributed by atoms with Gasteiger partial charge in [0.1, 0.15) is 0 Å². The van der Waals surface area contributed by atoms with Crippen LogP contribution in [0.2, 0.25) is 0 Å². The second-order valence-electron chi connectivity index (χ2n) is 8.01. The molecular formula is C24H49. The van der Waals surface area contributed by atoms with E-state index in [1.807, 2.05) is 0 Å². The first kappa shape index (κ1) is 24.0. The zero-order valence-electron chi connectivity index (χ0n) is 17.4. The maximum absolute atomic E-state index is 3.94. The van der Waals surface area contributed by atoms with Crippen LogP contribution in [-0.4, -0.2) is 0 Å². The summed E-state index contributed by atoms with van der Waals surface area (Å²) in [4.78, 5) is 0. The molecule has 0 aliphatic rings. The summed E-state index contributed by atoms with van der Waals surface area (Å²) in [6.07, 6.45) is 28.7. The van der Waals surface area contributed by atoms with Crippen LogP contribution in [0.3, 0.4) is 0 Å². The second-order valence-corrected chi connectivity index (χ2v) is 8.01. The molecule has 0 saturated carbocycles. The van der Waals surface area contributed by atoms with Crippen LogP contribution in [0.1, 0.15) is 142 Å². The summed E-state index contributed by atoms with van der Waals surface area (Å²) in [5.74, 6) is 1.00.